The third-order valence-electron chi connectivity index (χ3n) is 4.43. The molecule has 1 aliphatic heterocycles. The third kappa shape index (κ3) is 4.17. The van der Waals surface area contributed by atoms with Crippen molar-refractivity contribution in [1.82, 2.24) is 25.3 Å². The summed E-state index contributed by atoms with van der Waals surface area (Å²) >= 11 is 0. The molecule has 2 aromatic heterocycles. The summed E-state index contributed by atoms with van der Waals surface area (Å²) in [5, 5.41) is 6.18. The van der Waals surface area contributed by atoms with E-state index in [1.807, 2.05) is 18.2 Å². The van der Waals surface area contributed by atoms with Gasteiger partial charge in [-0.25, -0.2) is 19.9 Å². The zero-order chi connectivity index (χ0) is 18.5. The van der Waals surface area contributed by atoms with Crippen LogP contribution in [0, 0.1) is 0 Å². The predicted octanol–water partition coefficient (Wildman–Crippen LogP) is 1.94. The highest BCUT2D eigenvalue weighted by Gasteiger charge is 2.16. The van der Waals surface area contributed by atoms with Crippen LogP contribution in [0.25, 0.3) is 11.2 Å². The SMILES string of the molecule is O=C(NCC1CCCO1)c1cccc(CNc2ncnc3nccnc23)c1. The quantitative estimate of drug-likeness (QED) is 0.689. The van der Waals surface area contributed by atoms with Crippen molar-refractivity contribution in [3.05, 3.63) is 54.1 Å². The maximum atomic E-state index is 12.4. The second-order valence-corrected chi connectivity index (χ2v) is 6.35. The Balaban J connectivity index is 1.40. The molecule has 1 saturated heterocycles. The van der Waals surface area contributed by atoms with Gasteiger partial charge in [0.15, 0.2) is 11.5 Å². The number of hydrogen-bond donors (Lipinski definition) is 2. The molecule has 8 nitrogen and oxygen atoms in total. The number of nitrogens with one attached hydrogen (secondary N) is 2. The average molecular weight is 364 g/mol. The lowest BCUT2D eigenvalue weighted by molar-refractivity contribution is 0.0857. The monoisotopic (exact) mass is 364 g/mol. The van der Waals surface area contributed by atoms with Gasteiger partial charge in [0.1, 0.15) is 11.8 Å². The Labute approximate surface area is 156 Å². The Morgan fingerprint density at radius 1 is 1.19 bits per heavy atom. The van der Waals surface area contributed by atoms with Crippen LogP contribution in [0.15, 0.2) is 43.0 Å². The van der Waals surface area contributed by atoms with Gasteiger partial charge in [0.25, 0.3) is 5.91 Å². The van der Waals surface area contributed by atoms with Crippen molar-refractivity contribution in [2.45, 2.75) is 25.5 Å². The molecule has 3 aromatic rings. The summed E-state index contributed by atoms with van der Waals surface area (Å²) in [5.41, 5.74) is 2.75. The maximum Gasteiger partial charge on any atom is 0.251 e. The van der Waals surface area contributed by atoms with Crippen molar-refractivity contribution in [3.8, 4) is 0 Å². The number of amides is 1. The number of hydrogen-bond acceptors (Lipinski definition) is 7. The van der Waals surface area contributed by atoms with Crippen LogP contribution in [-0.4, -0.2) is 45.1 Å². The lowest BCUT2D eigenvalue weighted by Crippen LogP contribution is -2.31. The van der Waals surface area contributed by atoms with Crippen LogP contribution >= 0.6 is 0 Å². The Bertz CT molecular complexity index is 937. The fourth-order valence-electron chi connectivity index (χ4n) is 3.05. The highest BCUT2D eigenvalue weighted by atomic mass is 16.5. The molecule has 1 amide bonds. The summed E-state index contributed by atoms with van der Waals surface area (Å²) in [5.74, 6) is 0.520. The molecule has 1 aromatic carbocycles. The zero-order valence-electron chi connectivity index (χ0n) is 14.8. The summed E-state index contributed by atoms with van der Waals surface area (Å²) in [4.78, 5) is 29.2. The lowest BCUT2D eigenvalue weighted by atomic mass is 10.1. The van der Waals surface area contributed by atoms with Crippen molar-refractivity contribution in [2.75, 3.05) is 18.5 Å². The molecule has 1 aliphatic rings. The first-order valence-electron chi connectivity index (χ1n) is 8.94. The van der Waals surface area contributed by atoms with Crippen LogP contribution in [-0.2, 0) is 11.3 Å². The minimum atomic E-state index is -0.0919. The van der Waals surface area contributed by atoms with Crippen molar-refractivity contribution in [2.24, 2.45) is 0 Å². The number of ether oxygens (including phenoxy) is 1. The number of aromatic nitrogens is 4. The first kappa shape index (κ1) is 17.3. The fraction of sp³-hybridized carbons (Fsp3) is 0.316. The van der Waals surface area contributed by atoms with Crippen LogP contribution < -0.4 is 10.6 Å². The van der Waals surface area contributed by atoms with E-state index in [9.17, 15) is 4.79 Å². The predicted molar refractivity (Wildman–Crippen MR) is 100 cm³/mol. The highest BCUT2D eigenvalue weighted by molar-refractivity contribution is 5.94. The zero-order valence-corrected chi connectivity index (χ0v) is 14.8. The van der Waals surface area contributed by atoms with Gasteiger partial charge in [0.2, 0.25) is 0 Å². The molecule has 8 heteroatoms. The molecule has 0 bridgehead atoms. The number of carbonyl (C=O) groups is 1. The Morgan fingerprint density at radius 3 is 3.00 bits per heavy atom. The third-order valence-corrected chi connectivity index (χ3v) is 4.43. The molecular weight excluding hydrogens is 344 g/mol. The van der Waals surface area contributed by atoms with Crippen LogP contribution in [0.2, 0.25) is 0 Å². The fourth-order valence-corrected chi connectivity index (χ4v) is 3.05. The normalized spacial score (nSPS) is 16.4. The van der Waals surface area contributed by atoms with Gasteiger partial charge in [-0.2, -0.15) is 0 Å². The molecule has 4 rings (SSSR count). The van der Waals surface area contributed by atoms with E-state index in [4.69, 9.17) is 4.74 Å². The number of anilines is 1. The van der Waals surface area contributed by atoms with E-state index in [2.05, 4.69) is 30.6 Å². The number of benzene rings is 1. The van der Waals surface area contributed by atoms with Gasteiger partial charge in [0, 0.05) is 37.7 Å². The van der Waals surface area contributed by atoms with Gasteiger partial charge >= 0.3 is 0 Å². The van der Waals surface area contributed by atoms with Crippen molar-refractivity contribution in [3.63, 3.8) is 0 Å². The van der Waals surface area contributed by atoms with E-state index >= 15 is 0 Å². The van der Waals surface area contributed by atoms with Crippen LogP contribution in [0.4, 0.5) is 5.82 Å². The Hall–Kier alpha value is -3.13. The minimum Gasteiger partial charge on any atom is -0.376 e. The molecule has 2 N–H and O–H groups in total. The van der Waals surface area contributed by atoms with Gasteiger partial charge in [0.05, 0.1) is 6.10 Å². The Kier molecular flexibility index (Phi) is 5.15. The van der Waals surface area contributed by atoms with Crippen molar-refractivity contribution >= 4 is 22.9 Å². The van der Waals surface area contributed by atoms with E-state index < -0.39 is 0 Å². The molecule has 27 heavy (non-hydrogen) atoms. The number of rotatable bonds is 6. The Morgan fingerprint density at radius 2 is 2.11 bits per heavy atom. The summed E-state index contributed by atoms with van der Waals surface area (Å²) in [7, 11) is 0. The molecule has 138 valence electrons. The first-order chi connectivity index (χ1) is 13.3. The molecule has 1 unspecified atom stereocenters. The maximum absolute atomic E-state index is 12.4. The van der Waals surface area contributed by atoms with Crippen LogP contribution in [0.3, 0.4) is 0 Å². The van der Waals surface area contributed by atoms with Gasteiger partial charge in [-0.05, 0) is 30.5 Å². The van der Waals surface area contributed by atoms with Crippen molar-refractivity contribution in [1.29, 1.82) is 0 Å². The van der Waals surface area contributed by atoms with Gasteiger partial charge in [-0.3, -0.25) is 4.79 Å². The molecule has 3 heterocycles. The van der Waals surface area contributed by atoms with E-state index in [1.54, 1.807) is 18.5 Å². The summed E-state index contributed by atoms with van der Waals surface area (Å²) in [6.45, 7) is 1.84. The second-order valence-electron chi connectivity index (χ2n) is 6.35. The number of carbonyl (C=O) groups excluding carboxylic acids is 1. The van der Waals surface area contributed by atoms with E-state index in [0.717, 1.165) is 25.0 Å². The van der Waals surface area contributed by atoms with E-state index in [-0.39, 0.29) is 12.0 Å². The number of fused-ring (bicyclic) bond motifs is 1. The first-order valence-corrected chi connectivity index (χ1v) is 8.94. The standard InChI is InChI=1S/C19H20N6O2/c26-19(23-11-15-5-2-8-27-15)14-4-1-3-13(9-14)10-22-18-16-17(24-12-25-18)21-7-6-20-16/h1,3-4,6-7,9,12,15H,2,5,8,10-11H2,(H,23,26)(H,21,22,24,25). The van der Waals surface area contributed by atoms with Crippen LogP contribution in [0.5, 0.6) is 0 Å². The van der Waals surface area contributed by atoms with Crippen LogP contribution in [0.1, 0.15) is 28.8 Å². The summed E-state index contributed by atoms with van der Waals surface area (Å²) in [6.07, 6.45) is 6.84. The number of nitrogens with zero attached hydrogens (tertiary/aromatic N) is 4. The highest BCUT2D eigenvalue weighted by Crippen LogP contribution is 2.15. The molecule has 1 fully saturated rings. The van der Waals surface area contributed by atoms with Crippen molar-refractivity contribution < 1.29 is 9.53 Å². The smallest absolute Gasteiger partial charge is 0.251 e. The van der Waals surface area contributed by atoms with Gasteiger partial charge < -0.3 is 15.4 Å². The molecule has 1 atom stereocenters. The summed E-state index contributed by atoms with van der Waals surface area (Å²) in [6, 6.07) is 7.50. The van der Waals surface area contributed by atoms with Gasteiger partial charge in [-0.15, -0.1) is 0 Å². The minimum absolute atomic E-state index is 0.0919. The molecular formula is C19H20N6O2. The average Bonchev–Trinajstić information content (AvgIpc) is 3.24. The molecule has 0 radical (unpaired) electrons. The second kappa shape index (κ2) is 8.05. The molecule has 0 spiro atoms. The molecule has 0 aliphatic carbocycles. The van der Waals surface area contributed by atoms with Gasteiger partial charge in [-0.1, -0.05) is 12.1 Å². The lowest BCUT2D eigenvalue weighted by Gasteiger charge is -2.12. The topological polar surface area (TPSA) is 102 Å². The van der Waals surface area contributed by atoms with E-state index in [1.165, 1.54) is 6.33 Å². The summed E-state index contributed by atoms with van der Waals surface area (Å²) < 4.78 is 5.54. The van der Waals surface area contributed by atoms with E-state index in [0.29, 0.717) is 35.6 Å². The molecule has 0 saturated carbocycles. The largest absolute Gasteiger partial charge is 0.376 e.